The fraction of sp³-hybridized carbons (Fsp3) is 0.188. The Labute approximate surface area is 137 Å². The summed E-state index contributed by atoms with van der Waals surface area (Å²) in [5, 5.41) is 23.0. The van der Waals surface area contributed by atoms with Gasteiger partial charge < -0.3 is 10.4 Å². The second-order valence-electron chi connectivity index (χ2n) is 4.67. The largest absolute Gasteiger partial charge is 0.508 e. The number of anilines is 1. The van der Waals surface area contributed by atoms with Gasteiger partial charge in [-0.1, -0.05) is 30.7 Å². The molecule has 0 aliphatic rings. The molecule has 0 saturated heterocycles. The standard InChI is InChI=1S/C16H14BrClN2O/c1-2-16(10-19,11-3-6-13(21)7-4-11)20-12-5-8-15(18)14(17)9-12/h3-9,20-21H,2H2,1H3. The first kappa shape index (κ1) is 15.7. The molecule has 0 fully saturated rings. The predicted molar refractivity (Wildman–Crippen MR) is 88.5 cm³/mol. The summed E-state index contributed by atoms with van der Waals surface area (Å²) in [5.41, 5.74) is 0.736. The zero-order valence-corrected chi connectivity index (χ0v) is 13.7. The summed E-state index contributed by atoms with van der Waals surface area (Å²) in [7, 11) is 0. The van der Waals surface area contributed by atoms with Gasteiger partial charge in [0.05, 0.1) is 11.1 Å². The maximum Gasteiger partial charge on any atom is 0.150 e. The maximum absolute atomic E-state index is 9.67. The molecular weight excluding hydrogens is 352 g/mol. The van der Waals surface area contributed by atoms with Gasteiger partial charge in [0.1, 0.15) is 5.75 Å². The third-order valence-corrected chi connectivity index (χ3v) is 4.57. The number of nitrogens with one attached hydrogen (secondary N) is 1. The molecule has 0 saturated carbocycles. The molecule has 0 spiro atoms. The van der Waals surface area contributed by atoms with E-state index < -0.39 is 5.54 Å². The Bertz CT molecular complexity index is 682. The van der Waals surface area contributed by atoms with Gasteiger partial charge in [0, 0.05) is 10.2 Å². The van der Waals surface area contributed by atoms with Crippen molar-refractivity contribution in [2.45, 2.75) is 18.9 Å². The Kier molecular flexibility index (Phi) is 4.76. The van der Waals surface area contributed by atoms with E-state index in [1.807, 2.05) is 19.1 Å². The summed E-state index contributed by atoms with van der Waals surface area (Å²) in [6.45, 7) is 1.94. The van der Waals surface area contributed by atoms with E-state index in [2.05, 4.69) is 27.3 Å². The van der Waals surface area contributed by atoms with Gasteiger partial charge >= 0.3 is 0 Å². The van der Waals surface area contributed by atoms with Gasteiger partial charge in [-0.3, -0.25) is 0 Å². The lowest BCUT2D eigenvalue weighted by Crippen LogP contribution is -2.33. The van der Waals surface area contributed by atoms with Crippen LogP contribution in [0.1, 0.15) is 18.9 Å². The number of aromatic hydroxyl groups is 1. The van der Waals surface area contributed by atoms with Crippen molar-refractivity contribution in [3.63, 3.8) is 0 Å². The Morgan fingerprint density at radius 1 is 1.29 bits per heavy atom. The molecule has 0 amide bonds. The van der Waals surface area contributed by atoms with Crippen LogP contribution in [0.25, 0.3) is 0 Å². The summed E-state index contributed by atoms with van der Waals surface area (Å²) in [4.78, 5) is 0. The number of hydrogen-bond acceptors (Lipinski definition) is 3. The average Bonchev–Trinajstić information content (AvgIpc) is 2.49. The number of nitrogens with zero attached hydrogens (tertiary/aromatic N) is 1. The number of phenols is 1. The molecular formula is C16H14BrClN2O. The summed E-state index contributed by atoms with van der Waals surface area (Å²) in [5.74, 6) is 0.177. The lowest BCUT2D eigenvalue weighted by Gasteiger charge is -2.28. The van der Waals surface area contributed by atoms with E-state index in [1.54, 1.807) is 30.3 Å². The van der Waals surface area contributed by atoms with E-state index in [4.69, 9.17) is 11.6 Å². The highest BCUT2D eigenvalue weighted by molar-refractivity contribution is 9.10. The second kappa shape index (κ2) is 6.38. The summed E-state index contributed by atoms with van der Waals surface area (Å²) in [6, 6.07) is 14.4. The quantitative estimate of drug-likeness (QED) is 0.797. The first-order valence-electron chi connectivity index (χ1n) is 6.45. The van der Waals surface area contributed by atoms with Crippen molar-refractivity contribution in [2.24, 2.45) is 0 Å². The van der Waals surface area contributed by atoms with Crippen LogP contribution in [0.4, 0.5) is 5.69 Å². The minimum absolute atomic E-state index is 0.177. The summed E-state index contributed by atoms with van der Waals surface area (Å²) in [6.07, 6.45) is 0.578. The highest BCUT2D eigenvalue weighted by Crippen LogP contribution is 2.33. The molecule has 5 heteroatoms. The van der Waals surface area contributed by atoms with E-state index in [9.17, 15) is 10.4 Å². The van der Waals surface area contributed by atoms with E-state index in [1.165, 1.54) is 0 Å². The molecule has 108 valence electrons. The summed E-state index contributed by atoms with van der Waals surface area (Å²) < 4.78 is 0.766. The minimum Gasteiger partial charge on any atom is -0.508 e. The smallest absolute Gasteiger partial charge is 0.150 e. The molecule has 0 radical (unpaired) electrons. The fourth-order valence-electron chi connectivity index (χ4n) is 2.10. The molecule has 2 N–H and O–H groups in total. The fourth-order valence-corrected chi connectivity index (χ4v) is 2.60. The molecule has 0 heterocycles. The second-order valence-corrected chi connectivity index (χ2v) is 5.93. The monoisotopic (exact) mass is 364 g/mol. The van der Waals surface area contributed by atoms with Crippen molar-refractivity contribution in [3.8, 4) is 11.8 Å². The average molecular weight is 366 g/mol. The summed E-state index contributed by atoms with van der Waals surface area (Å²) >= 11 is 9.36. The number of phenolic OH excluding ortho intramolecular Hbond substituents is 1. The Hall–Kier alpha value is -1.70. The van der Waals surface area contributed by atoms with Crippen LogP contribution in [0.15, 0.2) is 46.9 Å². The third kappa shape index (κ3) is 3.31. The number of hydrogen-bond donors (Lipinski definition) is 2. The zero-order chi connectivity index (χ0) is 15.5. The van der Waals surface area contributed by atoms with Crippen LogP contribution in [0.3, 0.4) is 0 Å². The van der Waals surface area contributed by atoms with Gasteiger partial charge in [-0.15, -0.1) is 0 Å². The van der Waals surface area contributed by atoms with Gasteiger partial charge in [-0.2, -0.15) is 5.26 Å². The minimum atomic E-state index is -0.860. The van der Waals surface area contributed by atoms with Crippen molar-refractivity contribution in [1.82, 2.24) is 0 Å². The molecule has 2 aromatic rings. The van der Waals surface area contributed by atoms with Crippen LogP contribution >= 0.6 is 27.5 Å². The van der Waals surface area contributed by atoms with Crippen molar-refractivity contribution in [2.75, 3.05) is 5.32 Å². The van der Waals surface area contributed by atoms with E-state index in [-0.39, 0.29) is 5.75 Å². The van der Waals surface area contributed by atoms with Crippen molar-refractivity contribution < 1.29 is 5.11 Å². The van der Waals surface area contributed by atoms with Crippen molar-refractivity contribution in [3.05, 3.63) is 57.5 Å². The zero-order valence-electron chi connectivity index (χ0n) is 11.4. The lowest BCUT2D eigenvalue weighted by molar-refractivity contribution is 0.474. The van der Waals surface area contributed by atoms with Gasteiger partial charge in [0.2, 0.25) is 0 Å². The molecule has 2 aromatic carbocycles. The van der Waals surface area contributed by atoms with Gasteiger partial charge in [-0.25, -0.2) is 0 Å². The van der Waals surface area contributed by atoms with Gasteiger partial charge in [0.15, 0.2) is 5.54 Å². The predicted octanol–water partition coefficient (Wildman–Crippen LogP) is 5.05. The number of nitriles is 1. The lowest BCUT2D eigenvalue weighted by atomic mass is 9.88. The Morgan fingerprint density at radius 2 is 1.95 bits per heavy atom. The first-order chi connectivity index (χ1) is 10.0. The molecule has 2 rings (SSSR count). The third-order valence-electron chi connectivity index (χ3n) is 3.36. The van der Waals surface area contributed by atoms with E-state index in [0.717, 1.165) is 15.7 Å². The molecule has 0 aliphatic heterocycles. The molecule has 0 aromatic heterocycles. The highest BCUT2D eigenvalue weighted by Gasteiger charge is 2.30. The molecule has 0 aliphatic carbocycles. The van der Waals surface area contributed by atoms with E-state index >= 15 is 0 Å². The Morgan fingerprint density at radius 3 is 2.48 bits per heavy atom. The van der Waals surface area contributed by atoms with Crippen LogP contribution in [-0.2, 0) is 5.54 Å². The topological polar surface area (TPSA) is 56.0 Å². The normalized spacial score (nSPS) is 13.2. The van der Waals surface area contributed by atoms with Gasteiger partial charge in [0.25, 0.3) is 0 Å². The van der Waals surface area contributed by atoms with Crippen LogP contribution in [0.5, 0.6) is 5.75 Å². The molecule has 3 nitrogen and oxygen atoms in total. The maximum atomic E-state index is 9.67. The van der Waals surface area contributed by atoms with Crippen LogP contribution in [0, 0.1) is 11.3 Å². The SMILES string of the molecule is CCC(C#N)(Nc1ccc(Cl)c(Br)c1)c1ccc(O)cc1. The number of benzene rings is 2. The van der Waals surface area contributed by atoms with Crippen LogP contribution in [0.2, 0.25) is 5.02 Å². The van der Waals surface area contributed by atoms with E-state index in [0.29, 0.717) is 11.4 Å². The molecule has 1 atom stereocenters. The van der Waals surface area contributed by atoms with Crippen molar-refractivity contribution >= 4 is 33.2 Å². The van der Waals surface area contributed by atoms with Crippen LogP contribution in [-0.4, -0.2) is 5.11 Å². The number of halogens is 2. The molecule has 1 unspecified atom stereocenters. The number of rotatable bonds is 4. The van der Waals surface area contributed by atoms with Gasteiger partial charge in [-0.05, 0) is 58.2 Å². The van der Waals surface area contributed by atoms with Crippen molar-refractivity contribution in [1.29, 1.82) is 5.26 Å². The Balaban J connectivity index is 2.40. The molecule has 0 bridgehead atoms. The van der Waals surface area contributed by atoms with Crippen LogP contribution < -0.4 is 5.32 Å². The first-order valence-corrected chi connectivity index (χ1v) is 7.62. The molecule has 21 heavy (non-hydrogen) atoms. The highest BCUT2D eigenvalue weighted by atomic mass is 79.9.